The number of esters is 1. The zero-order valence-corrected chi connectivity index (χ0v) is 21.1. The van der Waals surface area contributed by atoms with Crippen molar-refractivity contribution in [1.82, 2.24) is 14.7 Å². The summed E-state index contributed by atoms with van der Waals surface area (Å²) >= 11 is 0. The maximum absolute atomic E-state index is 13.3. The van der Waals surface area contributed by atoms with Crippen molar-refractivity contribution in [3.05, 3.63) is 71.8 Å². The van der Waals surface area contributed by atoms with Crippen LogP contribution in [0, 0.1) is 0 Å². The second-order valence-corrected chi connectivity index (χ2v) is 10.1. The number of benzene rings is 2. The molecule has 2 amide bonds. The molecule has 0 bridgehead atoms. The van der Waals surface area contributed by atoms with Gasteiger partial charge in [-0.05, 0) is 24.0 Å². The summed E-state index contributed by atoms with van der Waals surface area (Å²) in [5.41, 5.74) is 0.338. The number of piperazine rings is 1. The van der Waals surface area contributed by atoms with Crippen LogP contribution in [0.4, 0.5) is 4.79 Å². The Bertz CT molecular complexity index is 1120. The normalized spacial score (nSPS) is 23.1. The Morgan fingerprint density at radius 3 is 2.22 bits per heavy atom. The summed E-state index contributed by atoms with van der Waals surface area (Å²) in [5, 5.41) is 0. The Morgan fingerprint density at radius 1 is 0.919 bits per heavy atom. The third kappa shape index (κ3) is 5.62. The monoisotopic (exact) mass is 507 g/mol. The molecule has 5 rings (SSSR count). The zero-order chi connectivity index (χ0) is 25.9. The number of hydrogen-bond donors (Lipinski definition) is 0. The first-order valence-corrected chi connectivity index (χ1v) is 12.7. The van der Waals surface area contributed by atoms with Gasteiger partial charge in [0.15, 0.2) is 5.72 Å². The molecule has 3 heterocycles. The van der Waals surface area contributed by atoms with Crippen LogP contribution in [0.3, 0.4) is 0 Å². The fourth-order valence-corrected chi connectivity index (χ4v) is 5.49. The molecule has 2 aromatic rings. The SMILES string of the molecule is CC(=O)OCC12CN(C(=O)OCc3ccccc3)CC(=O)N1CC1(CCN(Cc3ccccc3)CC1)O2. The molecule has 1 unspecified atom stereocenters. The van der Waals surface area contributed by atoms with E-state index in [4.69, 9.17) is 14.2 Å². The van der Waals surface area contributed by atoms with E-state index in [9.17, 15) is 14.4 Å². The minimum Gasteiger partial charge on any atom is -0.461 e. The van der Waals surface area contributed by atoms with Crippen molar-refractivity contribution in [2.24, 2.45) is 0 Å². The Morgan fingerprint density at radius 2 is 1.57 bits per heavy atom. The van der Waals surface area contributed by atoms with E-state index in [1.54, 1.807) is 4.90 Å². The molecule has 3 aliphatic heterocycles. The number of piperidine rings is 1. The number of rotatable bonds is 6. The molecule has 0 N–H and O–H groups in total. The highest BCUT2D eigenvalue weighted by molar-refractivity contribution is 5.85. The van der Waals surface area contributed by atoms with E-state index in [1.165, 1.54) is 17.4 Å². The van der Waals surface area contributed by atoms with E-state index in [0.29, 0.717) is 6.54 Å². The average Bonchev–Trinajstić information content (AvgIpc) is 3.23. The van der Waals surface area contributed by atoms with Gasteiger partial charge < -0.3 is 19.1 Å². The maximum atomic E-state index is 13.3. The molecule has 0 radical (unpaired) electrons. The van der Waals surface area contributed by atoms with E-state index in [1.807, 2.05) is 48.5 Å². The topological polar surface area (TPSA) is 88.6 Å². The third-order valence-corrected chi connectivity index (χ3v) is 7.39. The van der Waals surface area contributed by atoms with Gasteiger partial charge in [-0.25, -0.2) is 4.79 Å². The van der Waals surface area contributed by atoms with Crippen LogP contribution in [0.1, 0.15) is 30.9 Å². The summed E-state index contributed by atoms with van der Waals surface area (Å²) in [4.78, 5) is 43.4. The van der Waals surface area contributed by atoms with Crippen LogP contribution in [0.15, 0.2) is 60.7 Å². The van der Waals surface area contributed by atoms with Crippen LogP contribution in [-0.4, -0.2) is 83.3 Å². The van der Waals surface area contributed by atoms with Gasteiger partial charge in [-0.15, -0.1) is 0 Å². The smallest absolute Gasteiger partial charge is 0.410 e. The van der Waals surface area contributed by atoms with Gasteiger partial charge in [-0.2, -0.15) is 0 Å². The molecule has 2 aromatic carbocycles. The molecule has 1 spiro atoms. The summed E-state index contributed by atoms with van der Waals surface area (Å²) in [7, 11) is 0. The number of likely N-dealkylation sites (tertiary alicyclic amines) is 1. The number of hydrogen-bond acceptors (Lipinski definition) is 7. The first kappa shape index (κ1) is 25.2. The minimum atomic E-state index is -1.23. The minimum absolute atomic E-state index is 0.0785. The Hall–Kier alpha value is -3.43. The second-order valence-electron chi connectivity index (χ2n) is 10.1. The van der Waals surface area contributed by atoms with Gasteiger partial charge >= 0.3 is 12.1 Å². The second kappa shape index (κ2) is 10.5. The summed E-state index contributed by atoms with van der Waals surface area (Å²) in [6.45, 7) is 4.19. The quantitative estimate of drug-likeness (QED) is 0.556. The fraction of sp³-hybridized carbons (Fsp3) is 0.464. The van der Waals surface area contributed by atoms with Gasteiger partial charge in [0.1, 0.15) is 19.8 Å². The first-order valence-electron chi connectivity index (χ1n) is 12.7. The van der Waals surface area contributed by atoms with Gasteiger partial charge in [0.25, 0.3) is 0 Å². The standard InChI is InChI=1S/C28H33N3O6/c1-22(32)36-21-28-20-30(26(34)35-18-24-10-6-3-7-11-24)17-25(33)31(28)19-27(37-28)12-14-29(15-13-27)16-23-8-4-2-5-9-23/h2-11H,12-21H2,1H3. The number of fused-ring (bicyclic) bond motifs is 1. The molecule has 0 aromatic heterocycles. The molecule has 9 heteroatoms. The predicted octanol–water partition coefficient (Wildman–Crippen LogP) is 2.79. The summed E-state index contributed by atoms with van der Waals surface area (Å²) in [5.74, 6) is -0.702. The highest BCUT2D eigenvalue weighted by atomic mass is 16.6. The molecule has 3 aliphatic rings. The van der Waals surface area contributed by atoms with Gasteiger partial charge in [0.2, 0.25) is 5.91 Å². The highest BCUT2D eigenvalue weighted by Crippen LogP contribution is 2.43. The molecular weight excluding hydrogens is 474 g/mol. The number of carbonyl (C=O) groups excluding carboxylic acids is 3. The molecule has 3 fully saturated rings. The van der Waals surface area contributed by atoms with E-state index in [-0.39, 0.29) is 32.2 Å². The number of amides is 2. The molecule has 37 heavy (non-hydrogen) atoms. The predicted molar refractivity (Wildman–Crippen MR) is 134 cm³/mol. The van der Waals surface area contributed by atoms with Crippen molar-refractivity contribution >= 4 is 18.0 Å². The van der Waals surface area contributed by atoms with Crippen molar-refractivity contribution < 1.29 is 28.6 Å². The molecule has 0 aliphatic carbocycles. The Balaban J connectivity index is 1.28. The number of carbonyl (C=O) groups is 3. The van der Waals surface area contributed by atoms with E-state index < -0.39 is 23.4 Å². The van der Waals surface area contributed by atoms with Crippen molar-refractivity contribution in [2.75, 3.05) is 39.3 Å². The fourth-order valence-electron chi connectivity index (χ4n) is 5.49. The van der Waals surface area contributed by atoms with E-state index >= 15 is 0 Å². The van der Waals surface area contributed by atoms with Gasteiger partial charge in [0, 0.05) is 26.6 Å². The van der Waals surface area contributed by atoms with Gasteiger partial charge in [0.05, 0.1) is 18.7 Å². The van der Waals surface area contributed by atoms with E-state index in [2.05, 4.69) is 17.0 Å². The maximum Gasteiger partial charge on any atom is 0.410 e. The van der Waals surface area contributed by atoms with Crippen LogP contribution in [-0.2, 0) is 37.0 Å². The molecule has 3 saturated heterocycles. The van der Waals surface area contributed by atoms with Crippen LogP contribution in [0.25, 0.3) is 0 Å². The highest BCUT2D eigenvalue weighted by Gasteiger charge is 2.60. The summed E-state index contributed by atoms with van der Waals surface area (Å²) in [6, 6.07) is 19.7. The molecule has 0 saturated carbocycles. The van der Waals surface area contributed by atoms with Crippen LogP contribution in [0.5, 0.6) is 0 Å². The zero-order valence-electron chi connectivity index (χ0n) is 21.1. The first-order chi connectivity index (χ1) is 17.9. The molecule has 196 valence electrons. The van der Waals surface area contributed by atoms with Gasteiger partial charge in [-0.1, -0.05) is 60.7 Å². The van der Waals surface area contributed by atoms with Crippen molar-refractivity contribution in [3.63, 3.8) is 0 Å². The Kier molecular flexibility index (Phi) is 7.17. The van der Waals surface area contributed by atoms with Crippen LogP contribution in [0.2, 0.25) is 0 Å². The van der Waals surface area contributed by atoms with Crippen molar-refractivity contribution in [1.29, 1.82) is 0 Å². The summed E-state index contributed by atoms with van der Waals surface area (Å²) in [6.07, 6.45) is 0.884. The lowest BCUT2D eigenvalue weighted by atomic mass is 9.91. The largest absolute Gasteiger partial charge is 0.461 e. The van der Waals surface area contributed by atoms with Crippen molar-refractivity contribution in [3.8, 4) is 0 Å². The lowest BCUT2D eigenvalue weighted by Crippen LogP contribution is -2.65. The van der Waals surface area contributed by atoms with E-state index in [0.717, 1.165) is 38.0 Å². The molecule has 9 nitrogen and oxygen atoms in total. The lowest BCUT2D eigenvalue weighted by molar-refractivity contribution is -0.206. The van der Waals surface area contributed by atoms with Crippen molar-refractivity contribution in [2.45, 2.75) is 44.2 Å². The molecular formula is C28H33N3O6. The van der Waals surface area contributed by atoms with Gasteiger partial charge in [-0.3, -0.25) is 19.4 Å². The van der Waals surface area contributed by atoms with Crippen LogP contribution >= 0.6 is 0 Å². The lowest BCUT2D eigenvalue weighted by Gasteiger charge is -2.44. The number of nitrogens with zero attached hydrogens (tertiary/aromatic N) is 3. The molecule has 1 atom stereocenters. The third-order valence-electron chi connectivity index (χ3n) is 7.39. The summed E-state index contributed by atoms with van der Waals surface area (Å²) < 4.78 is 17.6. The Labute approximate surface area is 216 Å². The number of ether oxygens (including phenoxy) is 3. The van der Waals surface area contributed by atoms with Crippen LogP contribution < -0.4 is 0 Å². The average molecular weight is 508 g/mol.